The summed E-state index contributed by atoms with van der Waals surface area (Å²) in [4.78, 5) is 22.0. The zero-order chi connectivity index (χ0) is 21.5. The second-order valence-electron chi connectivity index (χ2n) is 6.35. The highest BCUT2D eigenvalue weighted by atomic mass is 19.4. The Morgan fingerprint density at radius 1 is 1.00 bits per heavy atom. The summed E-state index contributed by atoms with van der Waals surface area (Å²) in [6.45, 7) is -3.07. The van der Waals surface area contributed by atoms with Crippen LogP contribution >= 0.6 is 0 Å². The first-order valence-electron chi connectivity index (χ1n) is 8.63. The number of halogens is 5. The van der Waals surface area contributed by atoms with Gasteiger partial charge in [0.1, 0.15) is 11.6 Å². The predicted octanol–water partition coefficient (Wildman–Crippen LogP) is 4.92. The van der Waals surface area contributed by atoms with Gasteiger partial charge in [0.25, 0.3) is 5.91 Å². The molecule has 0 saturated heterocycles. The van der Waals surface area contributed by atoms with Crippen LogP contribution in [0.25, 0.3) is 11.3 Å². The van der Waals surface area contributed by atoms with Crippen LogP contribution in [0.2, 0.25) is 0 Å². The van der Waals surface area contributed by atoms with E-state index in [1.54, 1.807) is 6.07 Å². The fourth-order valence-electron chi connectivity index (χ4n) is 3.22. The second-order valence-corrected chi connectivity index (χ2v) is 6.35. The Hall–Kier alpha value is -3.56. The van der Waals surface area contributed by atoms with E-state index >= 15 is 0 Å². The number of hydrogen-bond acceptors (Lipinski definition) is 4. The van der Waals surface area contributed by atoms with Crippen LogP contribution in [0.4, 0.5) is 27.8 Å². The summed E-state index contributed by atoms with van der Waals surface area (Å²) < 4.78 is 68.4. The number of rotatable bonds is 4. The molecular weight excluding hydrogens is 409 g/mol. The molecule has 0 atom stereocenters. The van der Waals surface area contributed by atoms with Crippen molar-refractivity contribution >= 4 is 11.7 Å². The number of ether oxygens (including phenoxy) is 1. The zero-order valence-corrected chi connectivity index (χ0v) is 15.0. The van der Waals surface area contributed by atoms with Crippen LogP contribution < -0.4 is 9.64 Å². The highest BCUT2D eigenvalue weighted by molar-refractivity contribution is 6.10. The number of nitrogens with zero attached hydrogens (tertiary/aromatic N) is 3. The van der Waals surface area contributed by atoms with Crippen molar-refractivity contribution in [3.8, 4) is 17.0 Å². The number of pyridine rings is 2. The van der Waals surface area contributed by atoms with Crippen molar-refractivity contribution in [3.63, 3.8) is 0 Å². The number of fused-ring (bicyclic) bond motifs is 1. The standard InChI is InChI=1S/C20H12F5N3O2/c21-19(22)30-15-4-2-1-3-13(15)17-14-10-28(18(29)12(14)7-8-26-17)16-6-5-11(9-27-16)20(23,24)25/h1-9,19H,10H2. The quantitative estimate of drug-likeness (QED) is 0.561. The third kappa shape index (κ3) is 3.56. The number of alkyl halides is 5. The van der Waals surface area contributed by atoms with E-state index < -0.39 is 24.3 Å². The Bertz CT molecular complexity index is 1100. The van der Waals surface area contributed by atoms with E-state index in [9.17, 15) is 26.7 Å². The second kappa shape index (κ2) is 7.36. The van der Waals surface area contributed by atoms with Gasteiger partial charge in [0.2, 0.25) is 0 Å². The van der Waals surface area contributed by atoms with Crippen molar-refractivity contribution in [1.82, 2.24) is 9.97 Å². The molecule has 0 N–H and O–H groups in total. The largest absolute Gasteiger partial charge is 0.434 e. The van der Waals surface area contributed by atoms with Crippen LogP contribution in [0, 0.1) is 0 Å². The minimum absolute atomic E-state index is 0.0291. The van der Waals surface area contributed by atoms with Crippen LogP contribution in [-0.2, 0) is 12.7 Å². The van der Waals surface area contributed by atoms with E-state index in [0.717, 1.165) is 12.1 Å². The highest BCUT2D eigenvalue weighted by Gasteiger charge is 2.34. The fourth-order valence-corrected chi connectivity index (χ4v) is 3.22. The lowest BCUT2D eigenvalue weighted by Crippen LogP contribution is -2.24. The maximum Gasteiger partial charge on any atom is 0.417 e. The van der Waals surface area contributed by atoms with Gasteiger partial charge in [0, 0.05) is 29.1 Å². The first kappa shape index (κ1) is 19.7. The third-order valence-corrected chi connectivity index (χ3v) is 4.56. The molecule has 0 spiro atoms. The van der Waals surface area contributed by atoms with Crippen molar-refractivity contribution in [2.45, 2.75) is 19.3 Å². The lowest BCUT2D eigenvalue weighted by atomic mass is 10.0. The number of carbonyl (C=O) groups excluding carboxylic acids is 1. The van der Waals surface area contributed by atoms with Gasteiger partial charge in [-0.2, -0.15) is 22.0 Å². The van der Waals surface area contributed by atoms with Gasteiger partial charge in [-0.15, -0.1) is 0 Å². The summed E-state index contributed by atoms with van der Waals surface area (Å²) in [6, 6.07) is 9.42. The molecule has 5 nitrogen and oxygen atoms in total. The maximum absolute atomic E-state index is 12.8. The van der Waals surface area contributed by atoms with Gasteiger partial charge in [-0.3, -0.25) is 14.7 Å². The summed E-state index contributed by atoms with van der Waals surface area (Å²) in [5.41, 5.74) is 0.301. The smallest absolute Gasteiger partial charge is 0.417 e. The molecule has 0 radical (unpaired) electrons. The minimum atomic E-state index is -4.55. The summed E-state index contributed by atoms with van der Waals surface area (Å²) in [6.07, 6.45) is -2.54. The lowest BCUT2D eigenvalue weighted by Gasteiger charge is -2.16. The average molecular weight is 421 g/mol. The fraction of sp³-hybridized carbons (Fsp3) is 0.150. The van der Waals surface area contributed by atoms with Crippen LogP contribution in [0.3, 0.4) is 0 Å². The number of para-hydroxylation sites is 1. The molecule has 2 aromatic heterocycles. The molecule has 10 heteroatoms. The molecule has 3 heterocycles. The number of anilines is 1. The van der Waals surface area contributed by atoms with Gasteiger partial charge in [0.15, 0.2) is 0 Å². The Labute approximate surface area is 166 Å². The monoisotopic (exact) mass is 421 g/mol. The van der Waals surface area contributed by atoms with E-state index in [-0.39, 0.29) is 34.9 Å². The van der Waals surface area contributed by atoms with E-state index in [0.29, 0.717) is 11.8 Å². The molecule has 0 fully saturated rings. The molecule has 1 aliphatic rings. The number of amides is 1. The van der Waals surface area contributed by atoms with Crippen molar-refractivity contribution < 1.29 is 31.5 Å². The maximum atomic E-state index is 12.8. The first-order chi connectivity index (χ1) is 14.3. The van der Waals surface area contributed by atoms with Crippen molar-refractivity contribution in [3.05, 3.63) is 71.5 Å². The van der Waals surface area contributed by atoms with Crippen LogP contribution in [0.1, 0.15) is 21.5 Å². The molecule has 1 aliphatic heterocycles. The lowest BCUT2D eigenvalue weighted by molar-refractivity contribution is -0.137. The van der Waals surface area contributed by atoms with Gasteiger partial charge in [-0.1, -0.05) is 12.1 Å². The number of carbonyl (C=O) groups is 1. The molecule has 0 bridgehead atoms. The normalized spacial score (nSPS) is 13.7. The van der Waals surface area contributed by atoms with Crippen LogP contribution in [0.15, 0.2) is 54.9 Å². The Balaban J connectivity index is 1.72. The summed E-state index contributed by atoms with van der Waals surface area (Å²) in [7, 11) is 0. The molecule has 4 rings (SSSR count). The Morgan fingerprint density at radius 2 is 1.77 bits per heavy atom. The van der Waals surface area contributed by atoms with Crippen LogP contribution in [-0.4, -0.2) is 22.5 Å². The SMILES string of the molecule is O=C1c2ccnc(-c3ccccc3OC(F)F)c2CN1c1ccc(C(F)(F)F)cn1. The first-order valence-corrected chi connectivity index (χ1v) is 8.63. The summed E-state index contributed by atoms with van der Waals surface area (Å²) >= 11 is 0. The van der Waals surface area contributed by atoms with E-state index in [1.165, 1.54) is 35.4 Å². The number of benzene rings is 1. The molecule has 3 aromatic rings. The van der Waals surface area contributed by atoms with E-state index in [2.05, 4.69) is 14.7 Å². The zero-order valence-electron chi connectivity index (χ0n) is 15.0. The van der Waals surface area contributed by atoms with Gasteiger partial charge in [-0.25, -0.2) is 4.98 Å². The molecule has 0 unspecified atom stereocenters. The molecule has 154 valence electrons. The molecule has 1 aromatic carbocycles. The molecule has 30 heavy (non-hydrogen) atoms. The topological polar surface area (TPSA) is 55.3 Å². The van der Waals surface area contributed by atoms with Crippen molar-refractivity contribution in [2.24, 2.45) is 0 Å². The summed E-state index contributed by atoms with van der Waals surface area (Å²) in [5.74, 6) is -0.549. The third-order valence-electron chi connectivity index (χ3n) is 4.56. The van der Waals surface area contributed by atoms with Gasteiger partial charge in [0.05, 0.1) is 17.8 Å². The predicted molar refractivity (Wildman–Crippen MR) is 96.1 cm³/mol. The molecular formula is C20H12F5N3O2. The number of aromatic nitrogens is 2. The van der Waals surface area contributed by atoms with Crippen molar-refractivity contribution in [1.29, 1.82) is 0 Å². The van der Waals surface area contributed by atoms with E-state index in [1.807, 2.05) is 0 Å². The highest BCUT2D eigenvalue weighted by Crippen LogP contribution is 2.38. The average Bonchev–Trinajstić information content (AvgIpc) is 3.04. The van der Waals surface area contributed by atoms with Crippen LogP contribution in [0.5, 0.6) is 5.75 Å². The molecule has 0 aliphatic carbocycles. The van der Waals surface area contributed by atoms with Gasteiger partial charge < -0.3 is 4.74 Å². The molecule has 1 amide bonds. The molecule has 0 saturated carbocycles. The van der Waals surface area contributed by atoms with E-state index in [4.69, 9.17) is 0 Å². The minimum Gasteiger partial charge on any atom is -0.434 e. The van der Waals surface area contributed by atoms with Crippen molar-refractivity contribution in [2.75, 3.05) is 4.90 Å². The number of hydrogen-bond donors (Lipinski definition) is 0. The summed E-state index contributed by atoms with van der Waals surface area (Å²) in [5, 5.41) is 0. The van der Waals surface area contributed by atoms with Gasteiger partial charge in [-0.05, 0) is 30.3 Å². The van der Waals surface area contributed by atoms with Gasteiger partial charge >= 0.3 is 12.8 Å². The Morgan fingerprint density at radius 3 is 2.43 bits per heavy atom. The Kier molecular flexibility index (Phi) is 4.84.